The van der Waals surface area contributed by atoms with Gasteiger partial charge in [0.25, 0.3) is 0 Å². The van der Waals surface area contributed by atoms with Crippen LogP contribution in [0.25, 0.3) is 0 Å². The van der Waals surface area contributed by atoms with Crippen molar-refractivity contribution >= 4 is 33.4 Å². The van der Waals surface area contributed by atoms with Crippen LogP contribution < -0.4 is 5.32 Å². The zero-order valence-corrected chi connectivity index (χ0v) is 9.70. The predicted molar refractivity (Wildman–Crippen MR) is 57.8 cm³/mol. The molecule has 1 aliphatic rings. The molecule has 13 heavy (non-hydrogen) atoms. The largest absolute Gasteiger partial charge is 0.352 e. The van der Waals surface area contributed by atoms with E-state index in [0.29, 0.717) is 19.4 Å². The maximum absolute atomic E-state index is 11.4. The van der Waals surface area contributed by atoms with E-state index in [1.54, 1.807) is 6.08 Å². The van der Waals surface area contributed by atoms with E-state index in [9.17, 15) is 4.79 Å². The van der Waals surface area contributed by atoms with Crippen LogP contribution >= 0.6 is 27.5 Å². The lowest BCUT2D eigenvalue weighted by Crippen LogP contribution is -2.26. The molecule has 1 heterocycles. The van der Waals surface area contributed by atoms with Crippen molar-refractivity contribution in [3.05, 3.63) is 21.2 Å². The molecule has 0 unspecified atom stereocenters. The minimum atomic E-state index is 0.00335. The fraction of sp³-hybridized carbons (Fsp3) is 0.444. The molecule has 1 N–H and O–H groups in total. The van der Waals surface area contributed by atoms with Gasteiger partial charge in [0.05, 0.1) is 0 Å². The molecule has 1 aliphatic heterocycles. The zero-order chi connectivity index (χ0) is 9.84. The second-order valence-electron chi connectivity index (χ2n) is 2.78. The Morgan fingerprint density at radius 2 is 2.38 bits per heavy atom. The Hall–Kier alpha value is -0.280. The first-order valence-corrected chi connectivity index (χ1v) is 5.35. The summed E-state index contributed by atoms with van der Waals surface area (Å²) in [7, 11) is 0. The van der Waals surface area contributed by atoms with Crippen molar-refractivity contribution in [3.63, 3.8) is 0 Å². The van der Waals surface area contributed by atoms with Crippen molar-refractivity contribution in [3.8, 4) is 0 Å². The molecular formula is C9H11BrClNO. The van der Waals surface area contributed by atoms with Gasteiger partial charge in [-0.15, -0.1) is 0 Å². The highest BCUT2D eigenvalue weighted by Crippen LogP contribution is 2.23. The number of rotatable bonds is 1. The van der Waals surface area contributed by atoms with Crippen molar-refractivity contribution in [2.24, 2.45) is 0 Å². The summed E-state index contributed by atoms with van der Waals surface area (Å²) in [4.78, 5) is 11.4. The predicted octanol–water partition coefficient (Wildman–Crippen LogP) is 2.69. The van der Waals surface area contributed by atoms with E-state index in [1.807, 2.05) is 6.92 Å². The van der Waals surface area contributed by atoms with Crippen molar-refractivity contribution in [2.75, 3.05) is 6.54 Å². The molecule has 0 fully saturated rings. The molecule has 1 amide bonds. The second kappa shape index (κ2) is 4.82. The zero-order valence-electron chi connectivity index (χ0n) is 7.36. The first-order chi connectivity index (χ1) is 6.15. The number of hydrogen-bond donors (Lipinski definition) is 1. The molecule has 4 heteroatoms. The van der Waals surface area contributed by atoms with E-state index in [-0.39, 0.29) is 5.91 Å². The maximum atomic E-state index is 11.4. The Bertz CT molecular complexity index is 283. The van der Waals surface area contributed by atoms with Crippen LogP contribution in [0.2, 0.25) is 0 Å². The van der Waals surface area contributed by atoms with Gasteiger partial charge in [-0.3, -0.25) is 4.79 Å². The summed E-state index contributed by atoms with van der Waals surface area (Å²) < 4.78 is 0.820. The highest BCUT2D eigenvalue weighted by atomic mass is 79.9. The van der Waals surface area contributed by atoms with E-state index in [4.69, 9.17) is 11.6 Å². The van der Waals surface area contributed by atoms with Crippen LogP contribution in [0.3, 0.4) is 0 Å². The molecule has 0 radical (unpaired) electrons. The van der Waals surface area contributed by atoms with Crippen molar-refractivity contribution in [1.29, 1.82) is 0 Å². The highest BCUT2D eigenvalue weighted by molar-refractivity contribution is 9.12. The monoisotopic (exact) mass is 263 g/mol. The number of halogens is 2. The standard InChI is InChI=1S/C9H11BrClNO/c1-2-6-5-7(10)8(11)3-4-12-9(6)13/h5H,2-4H2,1H3,(H,12,13)/b6-5+,8-7-. The van der Waals surface area contributed by atoms with Gasteiger partial charge in [-0.05, 0) is 28.4 Å². The molecule has 0 aliphatic carbocycles. The fourth-order valence-corrected chi connectivity index (χ4v) is 1.70. The fourth-order valence-electron chi connectivity index (χ4n) is 1.08. The molecule has 0 saturated heterocycles. The lowest BCUT2D eigenvalue weighted by atomic mass is 10.1. The molecule has 0 atom stereocenters. The van der Waals surface area contributed by atoms with Gasteiger partial charge in [-0.2, -0.15) is 0 Å². The molecule has 0 aromatic rings. The summed E-state index contributed by atoms with van der Waals surface area (Å²) in [5, 5.41) is 3.55. The van der Waals surface area contributed by atoms with E-state index >= 15 is 0 Å². The Balaban J connectivity index is 2.99. The number of amides is 1. The Labute approximate surface area is 91.2 Å². The van der Waals surface area contributed by atoms with Crippen LogP contribution in [0.15, 0.2) is 21.2 Å². The minimum Gasteiger partial charge on any atom is -0.352 e. The molecule has 2 nitrogen and oxygen atoms in total. The molecule has 0 bridgehead atoms. The van der Waals surface area contributed by atoms with Gasteiger partial charge in [-0.25, -0.2) is 0 Å². The lowest BCUT2D eigenvalue weighted by molar-refractivity contribution is -0.117. The van der Waals surface area contributed by atoms with Crippen molar-refractivity contribution in [2.45, 2.75) is 19.8 Å². The maximum Gasteiger partial charge on any atom is 0.247 e. The number of allylic oxidation sites excluding steroid dienone is 2. The lowest BCUT2D eigenvalue weighted by Gasteiger charge is -2.11. The Kier molecular flexibility index (Phi) is 4.00. The first kappa shape index (κ1) is 10.8. The average molecular weight is 265 g/mol. The molecule has 0 aromatic heterocycles. The van der Waals surface area contributed by atoms with Crippen LogP contribution in [0.1, 0.15) is 19.8 Å². The molecule has 0 saturated carbocycles. The summed E-state index contributed by atoms with van der Waals surface area (Å²) in [5.41, 5.74) is 0.754. The summed E-state index contributed by atoms with van der Waals surface area (Å²) in [5.74, 6) is 0.00335. The van der Waals surface area contributed by atoms with E-state index < -0.39 is 0 Å². The smallest absolute Gasteiger partial charge is 0.247 e. The van der Waals surface area contributed by atoms with Crippen LogP contribution in [0, 0.1) is 0 Å². The van der Waals surface area contributed by atoms with E-state index in [1.165, 1.54) is 0 Å². The third-order valence-corrected chi connectivity index (χ3v) is 3.19. The summed E-state index contributed by atoms with van der Waals surface area (Å²) in [6, 6.07) is 0. The van der Waals surface area contributed by atoms with E-state index in [2.05, 4.69) is 21.2 Å². The summed E-state index contributed by atoms with van der Waals surface area (Å²) in [6.45, 7) is 2.55. The Morgan fingerprint density at radius 3 is 3.00 bits per heavy atom. The van der Waals surface area contributed by atoms with Gasteiger partial charge < -0.3 is 5.32 Å². The van der Waals surface area contributed by atoms with Gasteiger partial charge in [-0.1, -0.05) is 18.5 Å². The van der Waals surface area contributed by atoms with Crippen LogP contribution in [-0.4, -0.2) is 12.5 Å². The average Bonchev–Trinajstić information content (AvgIpc) is 2.11. The third-order valence-electron chi connectivity index (χ3n) is 1.86. The van der Waals surface area contributed by atoms with Crippen molar-refractivity contribution < 1.29 is 4.79 Å². The molecule has 72 valence electrons. The SMILES string of the molecule is CC/C1=C\C(Br)=C(\Cl)CCNC1=O. The molecule has 0 spiro atoms. The van der Waals surface area contributed by atoms with Gasteiger partial charge in [0.2, 0.25) is 5.91 Å². The van der Waals surface area contributed by atoms with Crippen LogP contribution in [0.5, 0.6) is 0 Å². The highest BCUT2D eigenvalue weighted by Gasteiger charge is 2.11. The van der Waals surface area contributed by atoms with Crippen LogP contribution in [-0.2, 0) is 4.79 Å². The number of nitrogens with one attached hydrogen (secondary N) is 1. The topological polar surface area (TPSA) is 29.1 Å². The summed E-state index contributed by atoms with van der Waals surface area (Å²) in [6.07, 6.45) is 3.18. The number of carbonyl (C=O) groups excluding carboxylic acids is 1. The van der Waals surface area contributed by atoms with Crippen molar-refractivity contribution in [1.82, 2.24) is 5.32 Å². The molecular weight excluding hydrogens is 253 g/mol. The quantitative estimate of drug-likeness (QED) is 0.775. The second-order valence-corrected chi connectivity index (χ2v) is 4.09. The molecule has 0 aromatic carbocycles. The van der Waals surface area contributed by atoms with Gasteiger partial charge in [0, 0.05) is 28.1 Å². The number of hydrogen-bond acceptors (Lipinski definition) is 1. The molecule has 1 rings (SSSR count). The van der Waals surface area contributed by atoms with Gasteiger partial charge >= 0.3 is 0 Å². The Morgan fingerprint density at radius 1 is 1.69 bits per heavy atom. The third kappa shape index (κ3) is 2.85. The normalized spacial score (nSPS) is 28.5. The van der Waals surface area contributed by atoms with E-state index in [0.717, 1.165) is 15.1 Å². The summed E-state index contributed by atoms with van der Waals surface area (Å²) >= 11 is 9.29. The minimum absolute atomic E-state index is 0.00335. The number of carbonyl (C=O) groups is 1. The van der Waals surface area contributed by atoms with Gasteiger partial charge in [0.1, 0.15) is 0 Å². The van der Waals surface area contributed by atoms with Crippen LogP contribution in [0.4, 0.5) is 0 Å². The van der Waals surface area contributed by atoms with Gasteiger partial charge in [0.15, 0.2) is 0 Å². The first-order valence-electron chi connectivity index (χ1n) is 4.18.